The van der Waals surface area contributed by atoms with Crippen molar-refractivity contribution in [1.29, 1.82) is 0 Å². The van der Waals surface area contributed by atoms with Crippen LogP contribution in [0.25, 0.3) is 0 Å². The van der Waals surface area contributed by atoms with Gasteiger partial charge in [-0.2, -0.15) is 4.58 Å². The van der Waals surface area contributed by atoms with Gasteiger partial charge in [0.15, 0.2) is 5.71 Å². The minimum absolute atomic E-state index is 1.01. The maximum absolute atomic E-state index is 11.2. The van der Waals surface area contributed by atoms with Gasteiger partial charge in [-0.3, -0.25) is 0 Å². The summed E-state index contributed by atoms with van der Waals surface area (Å²) in [6.07, 6.45) is 8.96. The maximum atomic E-state index is 9.93. The Kier molecular flexibility index (Phi) is 13.5. The van der Waals surface area contributed by atoms with Crippen molar-refractivity contribution in [1.82, 2.24) is 4.58 Å². The Hall–Kier alpha value is -2.34. The van der Waals surface area contributed by atoms with Crippen molar-refractivity contribution in [3.05, 3.63) is 72.8 Å². The van der Waals surface area contributed by atoms with Crippen molar-refractivity contribution in [2.75, 3.05) is 49.1 Å². The molecule has 0 aliphatic heterocycles. The normalized spacial score (nSPS) is 15.8. The molecule has 18 heteroatoms. The van der Waals surface area contributed by atoms with Crippen LogP contribution in [0.15, 0.2) is 72.8 Å². The van der Waals surface area contributed by atoms with Crippen molar-refractivity contribution in [2.24, 2.45) is 0 Å². The summed E-state index contributed by atoms with van der Waals surface area (Å²) in [5.74, 6) is 0. The van der Waals surface area contributed by atoms with Crippen LogP contribution >= 0.6 is 0 Å². The standard InChI is InChI=1S/C30H42N4.12FH.2Sb/c1-7-31(8-2)25-13-19-28(20-14-25)34(29-21-15-26(16-22-29)32(9-3)10-4)30-23-17-27(18-24-30)33(11-5)12-6;;;;;;;;;;;;;;/h13-24H,7-12H2,1-6H3;12*1H;;/q+2;;;;;;;;;;;;;2*+5/p-12. The number of rotatable bonds is 10. The van der Waals surface area contributed by atoms with Crippen LogP contribution in [-0.2, 0) is 0 Å². The predicted molar refractivity (Wildman–Crippen MR) is 176 cm³/mol. The predicted octanol–water partition coefficient (Wildman–Crippen LogP) is 10.6. The molecule has 0 aromatic heterocycles. The summed E-state index contributed by atoms with van der Waals surface area (Å²) >= 11 is -22.5. The van der Waals surface area contributed by atoms with Crippen LogP contribution < -0.4 is 14.4 Å². The monoisotopic (exact) mass is 928 g/mol. The zero-order valence-corrected chi connectivity index (χ0v) is 32.5. The van der Waals surface area contributed by atoms with Crippen molar-refractivity contribution in [2.45, 2.75) is 41.5 Å². The Morgan fingerprint density at radius 1 is 0.438 bits per heavy atom. The molecular formula is C30H42F12N4Sb2. The summed E-state index contributed by atoms with van der Waals surface area (Å²) < 4.78 is 124. The number of allylic oxidation sites excluding steroid dienone is 4. The number of nitrogens with zero attached hydrogens (tertiary/aromatic N) is 4. The van der Waals surface area contributed by atoms with Crippen LogP contribution in [0.4, 0.5) is 56.5 Å². The van der Waals surface area contributed by atoms with Crippen LogP contribution in [-0.4, -0.2) is 94.2 Å². The molecule has 0 amide bonds. The molecule has 0 heterocycles. The molecule has 4 nitrogen and oxygen atoms in total. The molecule has 0 saturated carbocycles. The summed E-state index contributed by atoms with van der Waals surface area (Å²) in [4.78, 5) is 4.76. The van der Waals surface area contributed by atoms with E-state index in [2.05, 4.69) is 133 Å². The molecule has 0 N–H and O–H groups in total. The third-order valence-corrected chi connectivity index (χ3v) is 6.71. The fourth-order valence-corrected chi connectivity index (χ4v) is 4.65. The quantitative estimate of drug-likeness (QED) is 0.102. The van der Waals surface area contributed by atoms with Crippen molar-refractivity contribution in [3.63, 3.8) is 0 Å². The summed E-state index contributed by atoms with van der Waals surface area (Å²) in [5, 5.41) is 0. The van der Waals surface area contributed by atoms with Gasteiger partial charge in [0.2, 0.25) is 17.1 Å². The molecule has 48 heavy (non-hydrogen) atoms. The number of halogens is 12. The second-order valence-corrected chi connectivity index (χ2v) is 21.3. The molecule has 2 aromatic rings. The third-order valence-electron chi connectivity index (χ3n) is 6.71. The zero-order valence-electron chi connectivity index (χ0n) is 27.4. The molecule has 1 aliphatic carbocycles. The van der Waals surface area contributed by atoms with Gasteiger partial charge in [-0.25, -0.2) is 4.58 Å². The first-order chi connectivity index (χ1) is 21.5. The summed E-state index contributed by atoms with van der Waals surface area (Å²) in [5.41, 5.74) is 7.30. The van der Waals surface area contributed by atoms with Crippen LogP contribution in [0.2, 0.25) is 0 Å². The van der Waals surface area contributed by atoms with Gasteiger partial charge < -0.3 is 9.80 Å². The first kappa shape index (κ1) is 43.7. The third kappa shape index (κ3) is 19.6. The molecular weight excluding hydrogens is 888 g/mol. The average molecular weight is 930 g/mol. The van der Waals surface area contributed by atoms with Crippen molar-refractivity contribution in [3.8, 4) is 0 Å². The van der Waals surface area contributed by atoms with Gasteiger partial charge in [-0.1, -0.05) is 0 Å². The van der Waals surface area contributed by atoms with Gasteiger partial charge in [0.1, 0.15) is 13.1 Å². The summed E-state index contributed by atoms with van der Waals surface area (Å²) in [6.45, 7) is 19.3. The molecule has 0 atom stereocenters. The number of benzene rings is 2. The first-order valence-electron chi connectivity index (χ1n) is 15.0. The van der Waals surface area contributed by atoms with E-state index in [-0.39, 0.29) is 0 Å². The van der Waals surface area contributed by atoms with E-state index in [4.69, 9.17) is 0 Å². The molecule has 2 aromatic carbocycles. The average Bonchev–Trinajstić information content (AvgIpc) is 2.94. The number of anilines is 2. The number of hydrogen-bond donors (Lipinski definition) is 0. The Morgan fingerprint density at radius 3 is 0.917 bits per heavy atom. The van der Waals surface area contributed by atoms with Gasteiger partial charge >= 0.3 is 72.7 Å². The second-order valence-electron chi connectivity index (χ2n) is 10.3. The molecule has 0 spiro atoms. The Balaban J connectivity index is 0.000000687. The Bertz CT molecular complexity index is 1360. The van der Waals surface area contributed by atoms with Crippen LogP contribution in [0.1, 0.15) is 41.5 Å². The van der Waals surface area contributed by atoms with Crippen LogP contribution in [0.5, 0.6) is 0 Å². The molecule has 0 bridgehead atoms. The van der Waals surface area contributed by atoms with Gasteiger partial charge in [-0.05, 0) is 65.8 Å². The van der Waals surface area contributed by atoms with Crippen LogP contribution in [0, 0.1) is 0 Å². The van der Waals surface area contributed by atoms with Crippen LogP contribution in [0.3, 0.4) is 0 Å². The van der Waals surface area contributed by atoms with E-state index in [9.17, 15) is 33.8 Å². The minimum atomic E-state index is -11.2. The van der Waals surface area contributed by atoms with Crippen molar-refractivity contribution < 1.29 is 38.3 Å². The Labute approximate surface area is 278 Å². The SMILES string of the molecule is CCN(CC)c1ccc([N+](=C2C=CC(=[N+](CC)CC)C=C2)c2ccc(N(CC)CC)cc2)cc1.[F][Sb-]([F])([F])([F])([F])[F].[F][Sb-]([F])([F])([F])([F])[F]. The fourth-order valence-electron chi connectivity index (χ4n) is 4.65. The van der Waals surface area contributed by atoms with Gasteiger partial charge in [0, 0.05) is 86.1 Å². The van der Waals surface area contributed by atoms with Crippen molar-refractivity contribution >= 4 is 73.1 Å². The van der Waals surface area contributed by atoms with Gasteiger partial charge in [0.05, 0.1) is 0 Å². The van der Waals surface area contributed by atoms with E-state index in [1.165, 1.54) is 34.2 Å². The van der Waals surface area contributed by atoms with Gasteiger partial charge in [-0.15, -0.1) is 0 Å². The molecule has 0 unspecified atom stereocenters. The van der Waals surface area contributed by atoms with E-state index >= 15 is 0 Å². The molecule has 276 valence electrons. The molecule has 1 aliphatic rings. The second kappa shape index (κ2) is 14.9. The van der Waals surface area contributed by atoms with E-state index in [0.29, 0.717) is 0 Å². The zero-order chi connectivity index (χ0) is 37.3. The number of hydrogen-bond acceptors (Lipinski definition) is 2. The first-order valence-corrected chi connectivity index (χ1v) is 26.6. The van der Waals surface area contributed by atoms with E-state index in [0.717, 1.165) is 39.3 Å². The Morgan fingerprint density at radius 2 is 0.688 bits per heavy atom. The van der Waals surface area contributed by atoms with E-state index in [1.807, 2.05) is 0 Å². The molecule has 3 rings (SSSR count). The molecule has 0 saturated heterocycles. The summed E-state index contributed by atoms with van der Waals surface area (Å²) in [6, 6.07) is 17.9. The molecule has 0 radical (unpaired) electrons. The van der Waals surface area contributed by atoms with E-state index < -0.39 is 39.0 Å². The molecule has 0 fully saturated rings. The summed E-state index contributed by atoms with van der Waals surface area (Å²) in [7, 11) is 0. The van der Waals surface area contributed by atoms with E-state index in [1.54, 1.807) is 0 Å². The topological polar surface area (TPSA) is 12.5 Å². The fraction of sp³-hybridized carbons (Fsp3) is 0.400. The van der Waals surface area contributed by atoms with Gasteiger partial charge in [0.25, 0.3) is 0 Å².